The van der Waals surface area contributed by atoms with E-state index < -0.39 is 0 Å². The Kier molecular flexibility index (Phi) is 3.73. The lowest BCUT2D eigenvalue weighted by Crippen LogP contribution is -2.28. The Morgan fingerprint density at radius 1 is 1.17 bits per heavy atom. The number of para-hydroxylation sites is 2. The second-order valence-corrected chi connectivity index (χ2v) is 5.42. The molecule has 5 nitrogen and oxygen atoms in total. The molecule has 0 aliphatic rings. The molecular weight excluding hydrogens is 297 g/mol. The largest absolute Gasteiger partial charge is 0.329 e. The molecule has 0 atom stereocenters. The number of nitrogens with zero attached hydrogens (tertiary/aromatic N) is 2. The molecule has 0 radical (unpaired) electrons. The molecule has 23 heavy (non-hydrogen) atoms. The first-order valence-corrected chi connectivity index (χ1v) is 7.17. The fourth-order valence-electron chi connectivity index (χ4n) is 2.62. The van der Waals surface area contributed by atoms with Crippen LogP contribution in [0.15, 0.2) is 47.3 Å². The van der Waals surface area contributed by atoms with Crippen LogP contribution in [0.4, 0.5) is 10.1 Å². The molecule has 0 bridgehead atoms. The Morgan fingerprint density at radius 2 is 1.87 bits per heavy atom. The summed E-state index contributed by atoms with van der Waals surface area (Å²) in [6.45, 7) is 1.61. The lowest BCUT2D eigenvalue weighted by Gasteiger charge is -2.09. The van der Waals surface area contributed by atoms with Crippen molar-refractivity contribution in [2.45, 2.75) is 13.5 Å². The molecule has 0 aliphatic carbocycles. The summed E-state index contributed by atoms with van der Waals surface area (Å²) < 4.78 is 16.0. The van der Waals surface area contributed by atoms with Crippen molar-refractivity contribution in [1.29, 1.82) is 0 Å². The van der Waals surface area contributed by atoms with E-state index in [1.165, 1.54) is 27.3 Å². The average molecular weight is 313 g/mol. The molecule has 0 aliphatic heterocycles. The molecule has 0 saturated heterocycles. The van der Waals surface area contributed by atoms with Crippen molar-refractivity contribution >= 4 is 22.6 Å². The zero-order valence-corrected chi connectivity index (χ0v) is 12.8. The van der Waals surface area contributed by atoms with E-state index in [4.69, 9.17) is 0 Å². The molecule has 3 aromatic rings. The van der Waals surface area contributed by atoms with Crippen LogP contribution in [0.25, 0.3) is 11.0 Å². The highest BCUT2D eigenvalue weighted by molar-refractivity contribution is 5.92. The highest BCUT2D eigenvalue weighted by Gasteiger charge is 2.13. The summed E-state index contributed by atoms with van der Waals surface area (Å²) in [5.74, 6) is -0.691. The van der Waals surface area contributed by atoms with Gasteiger partial charge >= 0.3 is 5.69 Å². The van der Waals surface area contributed by atoms with E-state index in [0.29, 0.717) is 16.8 Å². The van der Waals surface area contributed by atoms with Crippen LogP contribution in [0, 0.1) is 12.7 Å². The van der Waals surface area contributed by atoms with Gasteiger partial charge in [-0.05, 0) is 42.8 Å². The van der Waals surface area contributed by atoms with E-state index in [9.17, 15) is 14.0 Å². The van der Waals surface area contributed by atoms with Gasteiger partial charge in [0.15, 0.2) is 0 Å². The number of hydrogen-bond donors (Lipinski definition) is 1. The first-order valence-electron chi connectivity index (χ1n) is 7.17. The second-order valence-electron chi connectivity index (χ2n) is 5.42. The molecule has 1 amide bonds. The number of carbonyl (C=O) groups is 1. The van der Waals surface area contributed by atoms with Crippen molar-refractivity contribution in [3.8, 4) is 0 Å². The van der Waals surface area contributed by atoms with Crippen LogP contribution < -0.4 is 11.0 Å². The summed E-state index contributed by atoms with van der Waals surface area (Å²) in [7, 11) is 1.67. The highest BCUT2D eigenvalue weighted by Crippen LogP contribution is 2.16. The number of benzene rings is 2. The topological polar surface area (TPSA) is 56.0 Å². The monoisotopic (exact) mass is 313 g/mol. The second kappa shape index (κ2) is 5.72. The first kappa shape index (κ1) is 15.0. The van der Waals surface area contributed by atoms with Gasteiger partial charge in [0.2, 0.25) is 5.91 Å². The number of anilines is 1. The minimum Gasteiger partial charge on any atom is -0.324 e. The highest BCUT2D eigenvalue weighted by atomic mass is 19.1. The maximum absolute atomic E-state index is 13.1. The minimum atomic E-state index is -0.356. The van der Waals surface area contributed by atoms with E-state index >= 15 is 0 Å². The van der Waals surface area contributed by atoms with Gasteiger partial charge in [-0.3, -0.25) is 13.9 Å². The van der Waals surface area contributed by atoms with Gasteiger partial charge in [-0.15, -0.1) is 0 Å². The molecule has 2 aromatic carbocycles. The number of imidazole rings is 1. The van der Waals surface area contributed by atoms with Crippen molar-refractivity contribution in [2.75, 3.05) is 5.32 Å². The predicted molar refractivity (Wildman–Crippen MR) is 86.9 cm³/mol. The molecule has 1 N–H and O–H groups in total. The molecule has 3 rings (SSSR count). The van der Waals surface area contributed by atoms with Crippen molar-refractivity contribution in [1.82, 2.24) is 9.13 Å². The van der Waals surface area contributed by atoms with E-state index in [1.807, 2.05) is 18.2 Å². The summed E-state index contributed by atoms with van der Waals surface area (Å²) in [6.07, 6.45) is 0. The smallest absolute Gasteiger partial charge is 0.324 e. The molecule has 1 heterocycles. The van der Waals surface area contributed by atoms with Crippen LogP contribution >= 0.6 is 0 Å². The van der Waals surface area contributed by atoms with Crippen LogP contribution in [-0.4, -0.2) is 15.0 Å². The Morgan fingerprint density at radius 3 is 2.57 bits per heavy atom. The summed E-state index contributed by atoms with van der Waals surface area (Å²) in [6, 6.07) is 11.4. The molecule has 0 spiro atoms. The minimum absolute atomic E-state index is 0.100. The molecule has 0 saturated carbocycles. The zero-order valence-electron chi connectivity index (χ0n) is 12.8. The number of amides is 1. The lowest BCUT2D eigenvalue weighted by atomic mass is 10.2. The van der Waals surface area contributed by atoms with Crippen LogP contribution in [0.2, 0.25) is 0 Å². The molecule has 6 heteroatoms. The molecule has 0 fully saturated rings. The summed E-state index contributed by atoms with van der Waals surface area (Å²) in [5, 5.41) is 2.71. The Balaban J connectivity index is 1.89. The van der Waals surface area contributed by atoms with Crippen LogP contribution in [-0.2, 0) is 18.4 Å². The Labute approximate surface area is 132 Å². The third-order valence-corrected chi connectivity index (χ3v) is 3.82. The predicted octanol–water partition coefficient (Wildman–Crippen LogP) is 2.43. The number of nitrogens with one attached hydrogen (secondary N) is 1. The first-order chi connectivity index (χ1) is 11.0. The van der Waals surface area contributed by atoms with Gasteiger partial charge in [0.25, 0.3) is 0 Å². The summed E-state index contributed by atoms with van der Waals surface area (Å²) >= 11 is 0. The van der Waals surface area contributed by atoms with Gasteiger partial charge in [0.05, 0.1) is 11.0 Å². The van der Waals surface area contributed by atoms with E-state index in [0.717, 1.165) is 5.52 Å². The van der Waals surface area contributed by atoms with Gasteiger partial charge in [-0.1, -0.05) is 12.1 Å². The number of aryl methyl sites for hydroxylation is 2. The Hall–Kier alpha value is -2.89. The molecule has 1 aromatic heterocycles. The van der Waals surface area contributed by atoms with Gasteiger partial charge in [-0.25, -0.2) is 9.18 Å². The van der Waals surface area contributed by atoms with E-state index in [1.54, 1.807) is 20.0 Å². The third-order valence-electron chi connectivity index (χ3n) is 3.82. The number of rotatable bonds is 3. The summed E-state index contributed by atoms with van der Waals surface area (Å²) in [4.78, 5) is 24.5. The van der Waals surface area contributed by atoms with Gasteiger partial charge in [0.1, 0.15) is 12.4 Å². The van der Waals surface area contributed by atoms with Gasteiger partial charge < -0.3 is 5.32 Å². The SMILES string of the molecule is Cc1cc(F)ccc1NC(=O)Cn1c(=O)n(C)c2ccccc21. The number of hydrogen-bond acceptors (Lipinski definition) is 2. The third kappa shape index (κ3) is 2.75. The fourth-order valence-corrected chi connectivity index (χ4v) is 2.62. The Bertz CT molecular complexity index is 956. The molecule has 0 unspecified atom stereocenters. The molecular formula is C17H16FN3O2. The van der Waals surface area contributed by atoms with Crippen LogP contribution in [0.5, 0.6) is 0 Å². The number of fused-ring (bicyclic) bond motifs is 1. The number of carbonyl (C=O) groups excluding carboxylic acids is 1. The number of halogens is 1. The van der Waals surface area contributed by atoms with Crippen molar-refractivity contribution in [3.05, 3.63) is 64.3 Å². The van der Waals surface area contributed by atoms with Crippen LogP contribution in [0.3, 0.4) is 0 Å². The van der Waals surface area contributed by atoms with E-state index in [-0.39, 0.29) is 24.0 Å². The molecule has 118 valence electrons. The van der Waals surface area contributed by atoms with Crippen molar-refractivity contribution in [2.24, 2.45) is 7.05 Å². The van der Waals surface area contributed by atoms with Crippen molar-refractivity contribution < 1.29 is 9.18 Å². The standard InChI is InChI=1S/C17H16FN3O2/c1-11-9-12(18)7-8-13(11)19-16(22)10-21-15-6-4-3-5-14(15)20(2)17(21)23/h3-9H,10H2,1-2H3,(H,19,22). The maximum atomic E-state index is 13.1. The van der Waals surface area contributed by atoms with Crippen LogP contribution in [0.1, 0.15) is 5.56 Å². The number of aromatic nitrogens is 2. The zero-order chi connectivity index (χ0) is 16.6. The fraction of sp³-hybridized carbons (Fsp3) is 0.176. The normalized spacial score (nSPS) is 10.9. The van der Waals surface area contributed by atoms with E-state index in [2.05, 4.69) is 5.32 Å². The maximum Gasteiger partial charge on any atom is 0.329 e. The lowest BCUT2D eigenvalue weighted by molar-refractivity contribution is -0.116. The van der Waals surface area contributed by atoms with Gasteiger partial charge in [-0.2, -0.15) is 0 Å². The van der Waals surface area contributed by atoms with Gasteiger partial charge in [0, 0.05) is 12.7 Å². The summed E-state index contributed by atoms with van der Waals surface area (Å²) in [5.41, 5.74) is 2.37. The quantitative estimate of drug-likeness (QED) is 0.807. The average Bonchev–Trinajstić information content (AvgIpc) is 2.76. The van der Waals surface area contributed by atoms with Crippen molar-refractivity contribution in [3.63, 3.8) is 0 Å².